The number of ether oxygens (including phenoxy) is 1. The van der Waals surface area contributed by atoms with E-state index in [-0.39, 0.29) is 12.8 Å². The first-order valence-corrected chi connectivity index (χ1v) is 11.1. The van der Waals surface area contributed by atoms with Gasteiger partial charge in [-0.1, -0.05) is 47.7 Å². The maximum absolute atomic E-state index is 9.58. The molecule has 0 amide bonds. The molecule has 3 aliphatic rings. The zero-order valence-electron chi connectivity index (χ0n) is 19.4. The lowest BCUT2D eigenvalue weighted by Crippen LogP contribution is -2.46. The van der Waals surface area contributed by atoms with E-state index >= 15 is 0 Å². The molecule has 0 aliphatic carbocycles. The summed E-state index contributed by atoms with van der Waals surface area (Å²) in [5, 5.41) is 12.6. The lowest BCUT2D eigenvalue weighted by atomic mass is 9.84. The fraction of sp³-hybridized carbons (Fsp3) is 0.370. The third-order valence-corrected chi connectivity index (χ3v) is 6.62. The van der Waals surface area contributed by atoms with Gasteiger partial charge in [-0.05, 0) is 57.2 Å². The Bertz CT molecular complexity index is 1170. The van der Waals surface area contributed by atoms with Crippen molar-refractivity contribution in [2.45, 2.75) is 53.0 Å². The summed E-state index contributed by atoms with van der Waals surface area (Å²) < 4.78 is 5.82. The van der Waals surface area contributed by atoms with E-state index in [0.29, 0.717) is 11.5 Å². The molecular formula is C27H30N4O. The third kappa shape index (κ3) is 3.79. The van der Waals surface area contributed by atoms with Crippen LogP contribution in [0.25, 0.3) is 0 Å². The van der Waals surface area contributed by atoms with Crippen molar-refractivity contribution in [2.75, 3.05) is 13.3 Å². The molecule has 0 aromatic heterocycles. The van der Waals surface area contributed by atoms with Crippen LogP contribution in [-0.2, 0) is 11.2 Å². The summed E-state index contributed by atoms with van der Waals surface area (Å²) in [4.78, 5) is 7.44. The first kappa shape index (κ1) is 21.7. The molecule has 1 N–H and O–H groups in total. The summed E-state index contributed by atoms with van der Waals surface area (Å²) in [7, 11) is 0. The Kier molecular flexibility index (Phi) is 6.08. The van der Waals surface area contributed by atoms with Gasteiger partial charge in [-0.2, -0.15) is 5.26 Å². The van der Waals surface area contributed by atoms with Gasteiger partial charge < -0.3 is 15.0 Å². The van der Waals surface area contributed by atoms with Gasteiger partial charge in [0.2, 0.25) is 0 Å². The van der Waals surface area contributed by atoms with Crippen molar-refractivity contribution in [2.24, 2.45) is 4.99 Å². The van der Waals surface area contributed by atoms with E-state index in [4.69, 9.17) is 9.73 Å². The summed E-state index contributed by atoms with van der Waals surface area (Å²) >= 11 is 0. The van der Waals surface area contributed by atoms with E-state index in [1.165, 1.54) is 27.8 Å². The van der Waals surface area contributed by atoms with Crippen molar-refractivity contribution in [3.05, 3.63) is 81.6 Å². The average molecular weight is 427 g/mol. The molecule has 0 spiro atoms. The molecular weight excluding hydrogens is 396 g/mol. The summed E-state index contributed by atoms with van der Waals surface area (Å²) in [6, 6.07) is 8.58. The van der Waals surface area contributed by atoms with Crippen LogP contribution in [0, 0.1) is 18.3 Å². The van der Waals surface area contributed by atoms with Crippen molar-refractivity contribution in [1.29, 1.82) is 5.26 Å². The van der Waals surface area contributed by atoms with Crippen molar-refractivity contribution in [3.63, 3.8) is 0 Å². The zero-order chi connectivity index (χ0) is 22.8. The molecule has 5 nitrogen and oxygen atoms in total. The van der Waals surface area contributed by atoms with Crippen LogP contribution in [0.5, 0.6) is 0 Å². The number of nitrogens with one attached hydrogen (secondary N) is 1. The van der Waals surface area contributed by atoms with Gasteiger partial charge in [-0.3, -0.25) is 4.99 Å². The van der Waals surface area contributed by atoms with Crippen LogP contribution >= 0.6 is 0 Å². The highest BCUT2D eigenvalue weighted by Gasteiger charge is 2.38. The number of hydrogen-bond donors (Lipinski definition) is 1. The molecule has 4 rings (SSSR count). The molecule has 3 heterocycles. The highest BCUT2D eigenvalue weighted by atomic mass is 16.5. The van der Waals surface area contributed by atoms with Crippen LogP contribution in [0.4, 0.5) is 5.69 Å². The minimum atomic E-state index is -0.0219. The molecule has 0 saturated heterocycles. The molecule has 1 aromatic rings. The molecule has 164 valence electrons. The molecule has 0 saturated carbocycles. The number of nitriles is 1. The summed E-state index contributed by atoms with van der Waals surface area (Å²) in [6.45, 7) is 13.7. The van der Waals surface area contributed by atoms with Gasteiger partial charge >= 0.3 is 0 Å². The average Bonchev–Trinajstić information content (AvgIpc) is 3.44. The van der Waals surface area contributed by atoms with Gasteiger partial charge in [0.1, 0.15) is 11.8 Å². The fourth-order valence-corrected chi connectivity index (χ4v) is 4.75. The largest absolute Gasteiger partial charge is 0.467 e. The predicted octanol–water partition coefficient (Wildman–Crippen LogP) is 5.35. The molecule has 0 fully saturated rings. The number of para-hydroxylation sites is 1. The highest BCUT2D eigenvalue weighted by Crippen LogP contribution is 2.39. The number of allylic oxidation sites excluding steroid dienone is 3. The summed E-state index contributed by atoms with van der Waals surface area (Å²) in [5.74, 6) is 0.529. The summed E-state index contributed by atoms with van der Waals surface area (Å²) in [6.07, 6.45) is 4.83. The van der Waals surface area contributed by atoms with E-state index in [2.05, 4.69) is 80.6 Å². The number of aliphatic imine (C=N–C) groups is 1. The van der Waals surface area contributed by atoms with Gasteiger partial charge in [-0.25, -0.2) is 0 Å². The minimum absolute atomic E-state index is 0.0219. The molecule has 32 heavy (non-hydrogen) atoms. The van der Waals surface area contributed by atoms with E-state index in [0.717, 1.165) is 42.9 Å². The first-order valence-electron chi connectivity index (χ1n) is 11.1. The van der Waals surface area contributed by atoms with E-state index in [9.17, 15) is 5.26 Å². The standard InChI is InChI=1S/C27H30N4O/c1-6-17(3)13-21-18(4)11-12-31(24(7-2)27-23(15-28)29-16-32-27)26(21)22-14-20-10-8-9-19(5)25(20)30-22/h6,8-10,26,29H,2,11-14,16H2,1,3-5H3/t26-/m0/s1. The SMILES string of the molecule is C=C=C(C1=C(C#N)NCO1)N1CCC(C)=C(CC(C)=CC)[C@H]1C1=Nc2c(C)cccc2C1. The first-order chi connectivity index (χ1) is 15.5. The quantitative estimate of drug-likeness (QED) is 0.509. The van der Waals surface area contributed by atoms with Crippen molar-refractivity contribution in [3.8, 4) is 6.07 Å². The number of fused-ring (bicyclic) bond motifs is 1. The van der Waals surface area contributed by atoms with E-state index in [1.807, 2.05) is 0 Å². The fourth-order valence-electron chi connectivity index (χ4n) is 4.75. The lowest BCUT2D eigenvalue weighted by molar-refractivity contribution is 0.210. The Morgan fingerprint density at radius 1 is 1.41 bits per heavy atom. The molecule has 0 radical (unpaired) electrons. The van der Waals surface area contributed by atoms with Gasteiger partial charge in [0.15, 0.2) is 18.2 Å². The molecule has 0 bridgehead atoms. The smallest absolute Gasteiger partial charge is 0.187 e. The summed E-state index contributed by atoms with van der Waals surface area (Å²) in [5.41, 5.74) is 13.1. The van der Waals surface area contributed by atoms with E-state index in [1.54, 1.807) is 0 Å². The maximum Gasteiger partial charge on any atom is 0.187 e. The van der Waals surface area contributed by atoms with E-state index < -0.39 is 0 Å². The Hall–Kier alpha value is -3.48. The number of rotatable bonds is 5. The normalized spacial score (nSPS) is 20.3. The van der Waals surface area contributed by atoms with Crippen LogP contribution in [0.15, 0.2) is 75.5 Å². The topological polar surface area (TPSA) is 60.6 Å². The maximum atomic E-state index is 9.58. The minimum Gasteiger partial charge on any atom is -0.467 e. The van der Waals surface area contributed by atoms with Crippen LogP contribution in [0.3, 0.4) is 0 Å². The zero-order valence-corrected chi connectivity index (χ0v) is 19.4. The van der Waals surface area contributed by atoms with Gasteiger partial charge in [0.25, 0.3) is 0 Å². The molecule has 1 aromatic carbocycles. The number of nitrogens with zero attached hydrogens (tertiary/aromatic N) is 3. The second kappa shape index (κ2) is 8.94. The highest BCUT2D eigenvalue weighted by molar-refractivity contribution is 6.00. The number of benzene rings is 1. The van der Waals surface area contributed by atoms with Gasteiger partial charge in [-0.15, -0.1) is 0 Å². The van der Waals surface area contributed by atoms with Crippen LogP contribution < -0.4 is 5.32 Å². The number of hydrogen-bond acceptors (Lipinski definition) is 5. The second-order valence-corrected chi connectivity index (χ2v) is 8.63. The molecule has 0 unspecified atom stereocenters. The molecule has 5 heteroatoms. The van der Waals surface area contributed by atoms with Gasteiger partial charge in [0, 0.05) is 18.7 Å². The van der Waals surface area contributed by atoms with Crippen molar-refractivity contribution in [1.82, 2.24) is 10.2 Å². The van der Waals surface area contributed by atoms with Crippen molar-refractivity contribution >= 4 is 11.4 Å². The van der Waals surface area contributed by atoms with Crippen LogP contribution in [0.1, 0.15) is 44.7 Å². The Balaban J connectivity index is 1.84. The van der Waals surface area contributed by atoms with Crippen LogP contribution in [0.2, 0.25) is 0 Å². The van der Waals surface area contributed by atoms with Gasteiger partial charge in [0.05, 0.1) is 11.7 Å². The van der Waals surface area contributed by atoms with Crippen LogP contribution in [-0.4, -0.2) is 29.9 Å². The molecule has 3 aliphatic heterocycles. The Morgan fingerprint density at radius 2 is 2.22 bits per heavy atom. The Labute approximate surface area is 190 Å². The number of aryl methyl sites for hydroxylation is 1. The predicted molar refractivity (Wildman–Crippen MR) is 128 cm³/mol. The Morgan fingerprint density at radius 3 is 2.91 bits per heavy atom. The lowest BCUT2D eigenvalue weighted by Gasteiger charge is -2.41. The van der Waals surface area contributed by atoms with Crippen molar-refractivity contribution < 1.29 is 4.74 Å². The third-order valence-electron chi connectivity index (χ3n) is 6.62. The monoisotopic (exact) mass is 426 g/mol. The second-order valence-electron chi connectivity index (χ2n) is 8.63. The molecule has 1 atom stereocenters.